The van der Waals surface area contributed by atoms with Gasteiger partial charge in [0.2, 0.25) is 0 Å². The van der Waals surface area contributed by atoms with Gasteiger partial charge < -0.3 is 10.0 Å². The molecule has 2 atom stereocenters. The van der Waals surface area contributed by atoms with Crippen molar-refractivity contribution in [1.82, 2.24) is 4.98 Å². The minimum Gasteiger partial charge on any atom is -0.391 e. The van der Waals surface area contributed by atoms with E-state index >= 15 is 0 Å². The van der Waals surface area contributed by atoms with E-state index in [1.54, 1.807) is 6.20 Å². The minimum atomic E-state index is -0.322. The monoisotopic (exact) mass is 245 g/mol. The van der Waals surface area contributed by atoms with Gasteiger partial charge in [-0.2, -0.15) is 5.26 Å². The molecule has 0 aliphatic heterocycles. The van der Waals surface area contributed by atoms with E-state index in [9.17, 15) is 10.4 Å². The molecule has 4 nitrogen and oxygen atoms in total. The van der Waals surface area contributed by atoms with Crippen molar-refractivity contribution in [3.05, 3.63) is 23.4 Å². The lowest BCUT2D eigenvalue weighted by molar-refractivity contribution is 0.106. The molecule has 2 rings (SSSR count). The van der Waals surface area contributed by atoms with E-state index in [1.165, 1.54) is 0 Å². The molecule has 1 aromatic rings. The van der Waals surface area contributed by atoms with Gasteiger partial charge in [0.25, 0.3) is 0 Å². The highest BCUT2D eigenvalue weighted by atomic mass is 16.3. The van der Waals surface area contributed by atoms with E-state index in [1.807, 2.05) is 24.9 Å². The highest BCUT2D eigenvalue weighted by molar-refractivity contribution is 5.57. The number of nitriles is 1. The molecule has 18 heavy (non-hydrogen) atoms. The highest BCUT2D eigenvalue weighted by Gasteiger charge is 2.28. The Bertz CT molecular complexity index is 467. The molecule has 0 spiro atoms. The number of anilines is 1. The summed E-state index contributed by atoms with van der Waals surface area (Å²) in [7, 11) is 1.92. The number of hydrogen-bond donors (Lipinski definition) is 1. The van der Waals surface area contributed by atoms with Crippen molar-refractivity contribution in [3.8, 4) is 6.07 Å². The zero-order valence-electron chi connectivity index (χ0n) is 10.9. The van der Waals surface area contributed by atoms with Crippen LogP contribution in [0.1, 0.15) is 36.8 Å². The third-order valence-electron chi connectivity index (χ3n) is 3.78. The van der Waals surface area contributed by atoms with Crippen molar-refractivity contribution in [1.29, 1.82) is 5.26 Å². The van der Waals surface area contributed by atoms with Crippen LogP contribution in [0, 0.1) is 18.3 Å². The number of aliphatic hydroxyl groups excluding tert-OH is 1. The second-order valence-corrected chi connectivity index (χ2v) is 4.97. The summed E-state index contributed by atoms with van der Waals surface area (Å²) in [5, 5.41) is 19.3. The van der Waals surface area contributed by atoms with Crippen LogP contribution < -0.4 is 4.90 Å². The zero-order valence-corrected chi connectivity index (χ0v) is 10.9. The van der Waals surface area contributed by atoms with E-state index < -0.39 is 0 Å². The van der Waals surface area contributed by atoms with Crippen molar-refractivity contribution in [2.24, 2.45) is 0 Å². The number of hydrogen-bond acceptors (Lipinski definition) is 4. The summed E-state index contributed by atoms with van der Waals surface area (Å²) >= 11 is 0. The van der Waals surface area contributed by atoms with Gasteiger partial charge in [0.15, 0.2) is 0 Å². The van der Waals surface area contributed by atoms with E-state index in [-0.39, 0.29) is 12.1 Å². The summed E-state index contributed by atoms with van der Waals surface area (Å²) in [5.74, 6) is 0.684. The van der Waals surface area contributed by atoms with Crippen LogP contribution in [0.4, 0.5) is 5.82 Å². The van der Waals surface area contributed by atoms with Crippen molar-refractivity contribution in [2.45, 2.75) is 44.8 Å². The van der Waals surface area contributed by atoms with Crippen LogP contribution in [0.15, 0.2) is 12.3 Å². The maximum absolute atomic E-state index is 10.1. The maximum atomic E-state index is 10.1. The Morgan fingerprint density at radius 1 is 1.44 bits per heavy atom. The summed E-state index contributed by atoms with van der Waals surface area (Å²) in [6, 6.07) is 4.12. The Hall–Kier alpha value is -1.60. The van der Waals surface area contributed by atoms with Gasteiger partial charge in [-0.25, -0.2) is 4.98 Å². The molecule has 2 unspecified atom stereocenters. The molecule has 4 heteroatoms. The van der Waals surface area contributed by atoms with Crippen LogP contribution in [0.25, 0.3) is 0 Å². The third-order valence-corrected chi connectivity index (χ3v) is 3.78. The fourth-order valence-corrected chi connectivity index (χ4v) is 2.65. The topological polar surface area (TPSA) is 60.1 Å². The van der Waals surface area contributed by atoms with Gasteiger partial charge in [-0.05, 0) is 31.4 Å². The number of pyridine rings is 1. The summed E-state index contributed by atoms with van der Waals surface area (Å²) < 4.78 is 0. The van der Waals surface area contributed by atoms with Crippen molar-refractivity contribution < 1.29 is 5.11 Å². The fraction of sp³-hybridized carbons (Fsp3) is 0.571. The lowest BCUT2D eigenvalue weighted by Crippen LogP contribution is -2.44. The quantitative estimate of drug-likeness (QED) is 0.865. The van der Waals surface area contributed by atoms with Crippen molar-refractivity contribution in [3.63, 3.8) is 0 Å². The second-order valence-electron chi connectivity index (χ2n) is 4.97. The molecular weight excluding hydrogens is 226 g/mol. The first-order chi connectivity index (χ1) is 8.65. The Morgan fingerprint density at radius 3 is 2.83 bits per heavy atom. The molecular formula is C14H19N3O. The van der Waals surface area contributed by atoms with Gasteiger partial charge in [0.1, 0.15) is 11.9 Å². The molecule has 1 heterocycles. The van der Waals surface area contributed by atoms with E-state index in [0.717, 1.165) is 31.2 Å². The van der Waals surface area contributed by atoms with Gasteiger partial charge in [0.05, 0.1) is 17.7 Å². The summed E-state index contributed by atoms with van der Waals surface area (Å²) in [6.07, 6.45) is 5.40. The number of likely N-dealkylation sites (N-methyl/N-ethyl adjacent to an activating group) is 1. The van der Waals surface area contributed by atoms with Gasteiger partial charge in [-0.15, -0.1) is 0 Å². The zero-order chi connectivity index (χ0) is 13.1. The molecule has 0 bridgehead atoms. The number of rotatable bonds is 2. The van der Waals surface area contributed by atoms with E-state index in [0.29, 0.717) is 11.4 Å². The second kappa shape index (κ2) is 5.36. The van der Waals surface area contributed by atoms with Gasteiger partial charge >= 0.3 is 0 Å². The Labute approximate surface area is 108 Å². The number of aliphatic hydroxyl groups is 1. The minimum absolute atomic E-state index is 0.0696. The molecule has 1 aliphatic rings. The summed E-state index contributed by atoms with van der Waals surface area (Å²) in [4.78, 5) is 6.28. The number of aromatic nitrogens is 1. The first-order valence-corrected chi connectivity index (χ1v) is 6.41. The molecule has 1 saturated carbocycles. The SMILES string of the molecule is Cc1ccnc(N(C)C2CCCCC2O)c1C#N. The Balaban J connectivity index is 2.31. The van der Waals surface area contributed by atoms with Crippen molar-refractivity contribution >= 4 is 5.82 Å². The summed E-state index contributed by atoms with van der Waals surface area (Å²) in [5.41, 5.74) is 1.54. The largest absolute Gasteiger partial charge is 0.391 e. The van der Waals surface area contributed by atoms with E-state index in [2.05, 4.69) is 11.1 Å². The van der Waals surface area contributed by atoms with Gasteiger partial charge in [-0.3, -0.25) is 0 Å². The first kappa shape index (κ1) is 12.8. The number of aryl methyl sites for hydroxylation is 1. The average molecular weight is 245 g/mol. The molecule has 0 radical (unpaired) electrons. The van der Waals surface area contributed by atoms with Gasteiger partial charge in [-0.1, -0.05) is 12.8 Å². The summed E-state index contributed by atoms with van der Waals surface area (Å²) in [6.45, 7) is 1.91. The van der Waals surface area contributed by atoms with Crippen LogP contribution in [0.2, 0.25) is 0 Å². The van der Waals surface area contributed by atoms with Crippen LogP contribution >= 0.6 is 0 Å². The first-order valence-electron chi connectivity index (χ1n) is 6.41. The standard InChI is InChI=1S/C14H19N3O/c1-10-7-8-16-14(11(10)9-15)17(2)12-5-3-4-6-13(12)18/h7-8,12-13,18H,3-6H2,1-2H3. The smallest absolute Gasteiger partial charge is 0.146 e. The highest BCUT2D eigenvalue weighted by Crippen LogP contribution is 2.28. The van der Waals surface area contributed by atoms with Crippen LogP contribution in [0.3, 0.4) is 0 Å². The molecule has 0 saturated heterocycles. The maximum Gasteiger partial charge on any atom is 0.146 e. The fourth-order valence-electron chi connectivity index (χ4n) is 2.65. The van der Waals surface area contributed by atoms with Gasteiger partial charge in [0, 0.05) is 13.2 Å². The number of nitrogens with zero attached hydrogens (tertiary/aromatic N) is 3. The molecule has 1 aromatic heterocycles. The van der Waals surface area contributed by atoms with Crippen LogP contribution in [0.5, 0.6) is 0 Å². The average Bonchev–Trinajstić information content (AvgIpc) is 2.38. The predicted octanol–water partition coefficient (Wildman–Crippen LogP) is 2.00. The van der Waals surface area contributed by atoms with Crippen LogP contribution in [-0.4, -0.2) is 29.3 Å². The molecule has 0 amide bonds. The van der Waals surface area contributed by atoms with Crippen LogP contribution in [-0.2, 0) is 0 Å². The molecule has 96 valence electrons. The lowest BCUT2D eigenvalue weighted by Gasteiger charge is -2.36. The Morgan fingerprint density at radius 2 is 2.17 bits per heavy atom. The normalized spacial score (nSPS) is 23.4. The predicted molar refractivity (Wildman–Crippen MR) is 70.4 cm³/mol. The van der Waals surface area contributed by atoms with Crippen molar-refractivity contribution in [2.75, 3.05) is 11.9 Å². The molecule has 1 fully saturated rings. The molecule has 0 aromatic carbocycles. The van der Waals surface area contributed by atoms with E-state index in [4.69, 9.17) is 0 Å². The third kappa shape index (κ3) is 2.32. The molecule has 1 aliphatic carbocycles. The lowest BCUT2D eigenvalue weighted by atomic mass is 9.91. The Kier molecular flexibility index (Phi) is 3.83. The molecule has 1 N–H and O–H groups in total.